The molecule has 0 aliphatic heterocycles. The lowest BCUT2D eigenvalue weighted by Gasteiger charge is -2.28. The van der Waals surface area contributed by atoms with Gasteiger partial charge in [0.05, 0.1) is 17.8 Å². The Hall–Kier alpha value is -1.98. The Morgan fingerprint density at radius 2 is 2.00 bits per heavy atom. The van der Waals surface area contributed by atoms with Gasteiger partial charge in [0.2, 0.25) is 0 Å². The quantitative estimate of drug-likeness (QED) is 0.859. The summed E-state index contributed by atoms with van der Waals surface area (Å²) in [6, 6.07) is -0.276. The van der Waals surface area contributed by atoms with Gasteiger partial charge < -0.3 is 10.4 Å². The first kappa shape index (κ1) is 13.0. The van der Waals surface area contributed by atoms with Gasteiger partial charge in [-0.2, -0.15) is 0 Å². The molecule has 2 fully saturated rings. The van der Waals surface area contributed by atoms with Crippen LogP contribution in [0.4, 0.5) is 0 Å². The first-order chi connectivity index (χ1) is 9.56. The van der Waals surface area contributed by atoms with Crippen LogP contribution < -0.4 is 5.32 Å². The fraction of sp³-hybridized carbons (Fsp3) is 0.571. The lowest BCUT2D eigenvalue weighted by Crippen LogP contribution is -2.47. The van der Waals surface area contributed by atoms with Crippen molar-refractivity contribution in [1.29, 1.82) is 0 Å². The van der Waals surface area contributed by atoms with Crippen LogP contribution in [0.1, 0.15) is 35.4 Å². The summed E-state index contributed by atoms with van der Waals surface area (Å²) in [6.07, 6.45) is 5.82. The monoisotopic (exact) mass is 275 g/mol. The molecule has 0 aromatic carbocycles. The second-order valence-corrected chi connectivity index (χ2v) is 5.74. The number of carboxylic acid groups (broad SMARTS) is 1. The van der Waals surface area contributed by atoms with E-state index in [-0.39, 0.29) is 29.5 Å². The molecule has 20 heavy (non-hydrogen) atoms. The van der Waals surface area contributed by atoms with E-state index >= 15 is 0 Å². The number of nitrogens with one attached hydrogen (secondary N) is 1. The van der Waals surface area contributed by atoms with Crippen LogP contribution in [0.15, 0.2) is 12.4 Å². The average molecular weight is 275 g/mol. The smallest absolute Gasteiger partial charge is 0.308 e. The maximum absolute atomic E-state index is 12.1. The van der Waals surface area contributed by atoms with Crippen molar-refractivity contribution >= 4 is 11.9 Å². The van der Waals surface area contributed by atoms with Crippen LogP contribution in [0.3, 0.4) is 0 Å². The number of aliphatic carboxylic acids is 1. The predicted octanol–water partition coefficient (Wildman–Crippen LogP) is 1.01. The first-order valence-corrected chi connectivity index (χ1v) is 6.88. The summed E-state index contributed by atoms with van der Waals surface area (Å²) in [6.45, 7) is 1.80. The number of carbonyl (C=O) groups is 2. The van der Waals surface area contributed by atoms with E-state index in [1.54, 1.807) is 6.92 Å². The Bertz CT molecular complexity index is 543. The molecule has 2 N–H and O–H groups in total. The summed E-state index contributed by atoms with van der Waals surface area (Å²) in [5, 5.41) is 12.2. The van der Waals surface area contributed by atoms with E-state index < -0.39 is 11.9 Å². The van der Waals surface area contributed by atoms with E-state index in [1.807, 2.05) is 0 Å². The van der Waals surface area contributed by atoms with E-state index in [9.17, 15) is 14.7 Å². The maximum Gasteiger partial charge on any atom is 0.308 e. The van der Waals surface area contributed by atoms with Crippen LogP contribution in [0.25, 0.3) is 0 Å². The Balaban J connectivity index is 1.75. The normalized spacial score (nSPS) is 31.2. The van der Waals surface area contributed by atoms with Crippen molar-refractivity contribution in [3.63, 3.8) is 0 Å². The highest BCUT2D eigenvalue weighted by Crippen LogP contribution is 2.48. The third-order valence-electron chi connectivity index (χ3n) is 4.51. The largest absolute Gasteiger partial charge is 0.481 e. The van der Waals surface area contributed by atoms with Crippen LogP contribution in [0.2, 0.25) is 0 Å². The van der Waals surface area contributed by atoms with Crippen molar-refractivity contribution in [2.24, 2.45) is 17.8 Å². The number of rotatable bonds is 3. The number of hydrogen-bond acceptors (Lipinski definition) is 4. The van der Waals surface area contributed by atoms with E-state index in [0.717, 1.165) is 25.0 Å². The molecular weight excluding hydrogens is 258 g/mol. The molecule has 1 heterocycles. The summed E-state index contributed by atoms with van der Waals surface area (Å²) in [5.74, 6) is -1.12. The molecule has 4 atom stereocenters. The standard InChI is InChI=1S/C14H17N3O3/c1-7-5-16-10(6-15-7)13(18)17-12-9-3-2-8(4-9)11(12)14(19)20/h5-6,8-9,11-12H,2-4H2,1H3,(H,17,18)(H,19,20). The SMILES string of the molecule is Cc1cnc(C(=O)NC2C3CCC(C3)C2C(=O)O)cn1. The summed E-state index contributed by atoms with van der Waals surface area (Å²) in [4.78, 5) is 31.6. The third kappa shape index (κ3) is 2.15. The number of nitrogens with zero attached hydrogens (tertiary/aromatic N) is 2. The number of aryl methyl sites for hydroxylation is 1. The zero-order valence-electron chi connectivity index (χ0n) is 11.2. The van der Waals surface area contributed by atoms with Crippen LogP contribution in [0.5, 0.6) is 0 Å². The van der Waals surface area contributed by atoms with Crippen LogP contribution in [-0.4, -0.2) is 33.0 Å². The number of aromatic nitrogens is 2. The predicted molar refractivity (Wildman–Crippen MR) is 70.0 cm³/mol. The van der Waals surface area contributed by atoms with Crippen molar-refractivity contribution in [1.82, 2.24) is 15.3 Å². The van der Waals surface area contributed by atoms with Crippen molar-refractivity contribution < 1.29 is 14.7 Å². The van der Waals surface area contributed by atoms with E-state index in [4.69, 9.17) is 0 Å². The number of carbonyl (C=O) groups excluding carboxylic acids is 1. The average Bonchev–Trinajstić information content (AvgIpc) is 3.00. The highest BCUT2D eigenvalue weighted by Gasteiger charge is 2.51. The topological polar surface area (TPSA) is 92.2 Å². The van der Waals surface area contributed by atoms with Gasteiger partial charge in [0, 0.05) is 12.2 Å². The Labute approximate surface area is 116 Å². The van der Waals surface area contributed by atoms with Gasteiger partial charge in [-0.05, 0) is 38.0 Å². The summed E-state index contributed by atoms with van der Waals surface area (Å²) >= 11 is 0. The van der Waals surface area contributed by atoms with Crippen LogP contribution >= 0.6 is 0 Å². The number of hydrogen-bond donors (Lipinski definition) is 2. The lowest BCUT2D eigenvalue weighted by molar-refractivity contribution is -0.144. The Kier molecular flexibility index (Phi) is 3.16. The molecule has 1 amide bonds. The highest BCUT2D eigenvalue weighted by atomic mass is 16.4. The Morgan fingerprint density at radius 1 is 1.25 bits per heavy atom. The molecular formula is C14H17N3O3. The van der Waals surface area contributed by atoms with Gasteiger partial charge >= 0.3 is 5.97 Å². The van der Waals surface area contributed by atoms with Crippen LogP contribution in [-0.2, 0) is 4.79 Å². The zero-order chi connectivity index (χ0) is 14.3. The number of amides is 1. The molecule has 0 radical (unpaired) electrons. The minimum atomic E-state index is -0.808. The molecule has 4 unspecified atom stereocenters. The highest BCUT2D eigenvalue weighted by molar-refractivity contribution is 5.92. The fourth-order valence-electron chi connectivity index (χ4n) is 3.59. The molecule has 2 saturated carbocycles. The third-order valence-corrected chi connectivity index (χ3v) is 4.51. The molecule has 2 bridgehead atoms. The second-order valence-electron chi connectivity index (χ2n) is 5.74. The minimum absolute atomic E-state index is 0.201. The molecule has 6 nitrogen and oxygen atoms in total. The molecule has 1 aromatic heterocycles. The molecule has 1 aromatic rings. The molecule has 0 saturated heterocycles. The van der Waals surface area contributed by atoms with Crippen molar-refractivity contribution in [2.45, 2.75) is 32.2 Å². The van der Waals surface area contributed by atoms with Gasteiger partial charge in [0.15, 0.2) is 0 Å². The van der Waals surface area contributed by atoms with Crippen molar-refractivity contribution in [3.05, 3.63) is 23.8 Å². The number of fused-ring (bicyclic) bond motifs is 2. The van der Waals surface area contributed by atoms with Gasteiger partial charge in [-0.1, -0.05) is 0 Å². The minimum Gasteiger partial charge on any atom is -0.481 e. The zero-order valence-corrected chi connectivity index (χ0v) is 11.2. The molecule has 106 valence electrons. The first-order valence-electron chi connectivity index (χ1n) is 6.88. The molecule has 0 spiro atoms. The van der Waals surface area contributed by atoms with E-state index in [1.165, 1.54) is 12.4 Å². The number of carboxylic acids is 1. The van der Waals surface area contributed by atoms with E-state index in [2.05, 4.69) is 15.3 Å². The van der Waals surface area contributed by atoms with Gasteiger partial charge in [-0.3, -0.25) is 14.6 Å². The lowest BCUT2D eigenvalue weighted by atomic mass is 9.84. The van der Waals surface area contributed by atoms with Gasteiger partial charge in [0.1, 0.15) is 5.69 Å². The molecule has 3 rings (SSSR count). The maximum atomic E-state index is 12.1. The molecule has 2 aliphatic rings. The van der Waals surface area contributed by atoms with Gasteiger partial charge in [-0.15, -0.1) is 0 Å². The summed E-state index contributed by atoms with van der Waals surface area (Å²) in [7, 11) is 0. The molecule has 2 aliphatic carbocycles. The van der Waals surface area contributed by atoms with Crippen LogP contribution in [0, 0.1) is 24.7 Å². The van der Waals surface area contributed by atoms with E-state index in [0.29, 0.717) is 0 Å². The molecule has 6 heteroatoms. The Morgan fingerprint density at radius 3 is 2.65 bits per heavy atom. The van der Waals surface area contributed by atoms with Gasteiger partial charge in [0.25, 0.3) is 5.91 Å². The second kappa shape index (κ2) is 4.85. The van der Waals surface area contributed by atoms with Gasteiger partial charge in [-0.25, -0.2) is 4.98 Å². The van der Waals surface area contributed by atoms with Crippen molar-refractivity contribution in [2.75, 3.05) is 0 Å². The van der Waals surface area contributed by atoms with Crippen molar-refractivity contribution in [3.8, 4) is 0 Å². The summed E-state index contributed by atoms with van der Waals surface area (Å²) in [5.41, 5.74) is 0.979. The fourth-order valence-corrected chi connectivity index (χ4v) is 3.59. The summed E-state index contributed by atoms with van der Waals surface area (Å²) < 4.78 is 0.